The minimum atomic E-state index is -4.77. The van der Waals surface area contributed by atoms with Crippen LogP contribution in [0.4, 0.5) is 26.3 Å². The van der Waals surface area contributed by atoms with Crippen LogP contribution in [-0.2, 0) is 30.0 Å². The molecule has 208 valence electrons. The van der Waals surface area contributed by atoms with E-state index in [4.69, 9.17) is 4.74 Å². The molecule has 0 bridgehead atoms. The van der Waals surface area contributed by atoms with E-state index < -0.39 is 47.0 Å². The second kappa shape index (κ2) is 10.4. The van der Waals surface area contributed by atoms with Crippen LogP contribution >= 0.6 is 0 Å². The van der Waals surface area contributed by atoms with Crippen molar-refractivity contribution in [2.24, 2.45) is 5.92 Å². The summed E-state index contributed by atoms with van der Waals surface area (Å²) in [5.41, 5.74) is -1.18. The summed E-state index contributed by atoms with van der Waals surface area (Å²) >= 11 is 0. The molecule has 0 amide bonds. The van der Waals surface area contributed by atoms with Crippen molar-refractivity contribution in [3.63, 3.8) is 0 Å². The molecule has 2 heterocycles. The molecule has 10 heteroatoms. The number of carbonyl (C=O) groups is 1. The highest BCUT2D eigenvalue weighted by atomic mass is 19.4. The molecular weight excluding hydrogens is 512 g/mol. The van der Waals surface area contributed by atoms with Crippen LogP contribution < -0.4 is 4.74 Å². The van der Waals surface area contributed by atoms with Crippen molar-refractivity contribution < 1.29 is 41.0 Å². The Hall–Kier alpha value is -2.75. The predicted molar refractivity (Wildman–Crippen MR) is 129 cm³/mol. The molecule has 3 unspecified atom stereocenters. The summed E-state index contributed by atoms with van der Waals surface area (Å²) in [4.78, 5) is 13.1. The third kappa shape index (κ3) is 6.11. The van der Waals surface area contributed by atoms with Gasteiger partial charge in [-0.2, -0.15) is 26.3 Å². The standard InChI is InChI=1S/C28H31F6NO3/c1-17(25(36)37)14-19-4-5-20-8-10-26(38-24(20)15-19)9-3-12-35(13-11-26)18(2)22-16-21(27(29,30)31)6-7-23(22)28(32,33)34/h4-7,15-18H,3,8-14H2,1-2H3,(H,36,37). The van der Waals surface area contributed by atoms with Crippen molar-refractivity contribution in [2.45, 2.75) is 76.4 Å². The fourth-order valence-corrected chi connectivity index (χ4v) is 5.58. The zero-order chi connectivity index (χ0) is 27.9. The van der Waals surface area contributed by atoms with Crippen LogP contribution in [0.1, 0.15) is 73.4 Å². The normalized spacial score (nSPS) is 22.3. The average Bonchev–Trinajstić information content (AvgIpc) is 3.04. The van der Waals surface area contributed by atoms with Gasteiger partial charge in [0.2, 0.25) is 0 Å². The maximum Gasteiger partial charge on any atom is 0.416 e. The number of aliphatic carboxylic acids is 1. The van der Waals surface area contributed by atoms with Gasteiger partial charge in [-0.15, -0.1) is 0 Å². The largest absolute Gasteiger partial charge is 0.487 e. The van der Waals surface area contributed by atoms with Gasteiger partial charge in [0.05, 0.1) is 17.0 Å². The predicted octanol–water partition coefficient (Wildman–Crippen LogP) is 7.30. The molecule has 0 aliphatic carbocycles. The van der Waals surface area contributed by atoms with Crippen LogP contribution in [0.3, 0.4) is 0 Å². The SMILES string of the molecule is CC(Cc1ccc2c(c1)OC1(CCCN(C(C)c3cc(C(F)(F)F)ccc3C(F)(F)F)CC1)CC2)C(=O)O. The van der Waals surface area contributed by atoms with E-state index in [1.807, 2.05) is 23.1 Å². The van der Waals surface area contributed by atoms with E-state index in [0.29, 0.717) is 62.7 Å². The summed E-state index contributed by atoms with van der Waals surface area (Å²) in [6, 6.07) is 6.49. The van der Waals surface area contributed by atoms with Crippen LogP contribution in [-0.4, -0.2) is 34.7 Å². The Labute approximate surface area is 217 Å². The lowest BCUT2D eigenvalue weighted by molar-refractivity contribution is -0.142. The van der Waals surface area contributed by atoms with Gasteiger partial charge >= 0.3 is 18.3 Å². The lowest BCUT2D eigenvalue weighted by atomic mass is 9.84. The first-order valence-electron chi connectivity index (χ1n) is 12.7. The minimum Gasteiger partial charge on any atom is -0.487 e. The van der Waals surface area contributed by atoms with Gasteiger partial charge in [-0.1, -0.05) is 19.1 Å². The smallest absolute Gasteiger partial charge is 0.416 e. The zero-order valence-corrected chi connectivity index (χ0v) is 21.3. The number of alkyl halides is 6. The van der Waals surface area contributed by atoms with E-state index in [1.54, 1.807) is 6.92 Å². The van der Waals surface area contributed by atoms with Crippen LogP contribution in [0.5, 0.6) is 5.75 Å². The van der Waals surface area contributed by atoms with Gasteiger partial charge < -0.3 is 9.84 Å². The third-order valence-electron chi connectivity index (χ3n) is 7.89. The summed E-state index contributed by atoms with van der Waals surface area (Å²) < 4.78 is 87.6. The summed E-state index contributed by atoms with van der Waals surface area (Å²) in [5, 5.41) is 9.23. The van der Waals surface area contributed by atoms with Gasteiger partial charge in [0.25, 0.3) is 0 Å². The Kier molecular flexibility index (Phi) is 7.76. The van der Waals surface area contributed by atoms with E-state index in [2.05, 4.69) is 0 Å². The molecule has 0 radical (unpaired) electrons. The average molecular weight is 544 g/mol. The van der Waals surface area contributed by atoms with Crippen molar-refractivity contribution in [3.05, 3.63) is 64.2 Å². The molecular formula is C28H31F6NO3. The number of fused-ring (bicyclic) bond motifs is 1. The highest BCUT2D eigenvalue weighted by Gasteiger charge is 2.41. The monoisotopic (exact) mass is 543 g/mol. The highest BCUT2D eigenvalue weighted by Crippen LogP contribution is 2.43. The molecule has 2 aliphatic heterocycles. The number of hydrogen-bond donors (Lipinski definition) is 1. The Morgan fingerprint density at radius 2 is 1.74 bits per heavy atom. The summed E-state index contributed by atoms with van der Waals surface area (Å²) in [6.07, 6.45) is -5.86. The highest BCUT2D eigenvalue weighted by molar-refractivity contribution is 5.70. The van der Waals surface area contributed by atoms with Crippen LogP contribution in [0, 0.1) is 5.92 Å². The number of nitrogens with zero attached hydrogens (tertiary/aromatic N) is 1. The summed E-state index contributed by atoms with van der Waals surface area (Å²) in [5.74, 6) is -0.728. The number of carboxylic acids is 1. The summed E-state index contributed by atoms with van der Waals surface area (Å²) in [7, 11) is 0. The first kappa shape index (κ1) is 28.3. The van der Waals surface area contributed by atoms with Crippen LogP contribution in [0.15, 0.2) is 36.4 Å². The molecule has 3 atom stereocenters. The van der Waals surface area contributed by atoms with Crippen molar-refractivity contribution in [1.82, 2.24) is 4.90 Å². The van der Waals surface area contributed by atoms with Gasteiger partial charge in [-0.3, -0.25) is 9.69 Å². The van der Waals surface area contributed by atoms with E-state index in [0.717, 1.165) is 24.0 Å². The fraction of sp³-hybridized carbons (Fsp3) is 0.536. The number of ether oxygens (including phenoxy) is 1. The quantitative estimate of drug-likeness (QED) is 0.402. The van der Waals surface area contributed by atoms with Crippen LogP contribution in [0.25, 0.3) is 0 Å². The van der Waals surface area contributed by atoms with Crippen molar-refractivity contribution in [2.75, 3.05) is 13.1 Å². The fourth-order valence-electron chi connectivity index (χ4n) is 5.58. The number of aryl methyl sites for hydroxylation is 1. The number of halogens is 6. The van der Waals surface area contributed by atoms with Gasteiger partial charge in [-0.05, 0) is 92.9 Å². The van der Waals surface area contributed by atoms with E-state index in [-0.39, 0.29) is 5.56 Å². The number of carboxylic acid groups (broad SMARTS) is 1. The second-order valence-corrected chi connectivity index (χ2v) is 10.5. The molecule has 38 heavy (non-hydrogen) atoms. The maximum absolute atomic E-state index is 13.7. The molecule has 2 aliphatic rings. The molecule has 2 aromatic carbocycles. The van der Waals surface area contributed by atoms with Gasteiger partial charge in [-0.25, -0.2) is 0 Å². The van der Waals surface area contributed by atoms with E-state index in [9.17, 15) is 36.2 Å². The summed E-state index contributed by atoms with van der Waals surface area (Å²) in [6.45, 7) is 3.97. The molecule has 4 rings (SSSR count). The molecule has 0 saturated carbocycles. The molecule has 2 aromatic rings. The molecule has 1 fully saturated rings. The van der Waals surface area contributed by atoms with Gasteiger partial charge in [0.15, 0.2) is 0 Å². The van der Waals surface area contributed by atoms with Gasteiger partial charge in [0.1, 0.15) is 11.4 Å². The Bertz CT molecular complexity index is 1180. The number of rotatable bonds is 5. The van der Waals surface area contributed by atoms with Crippen molar-refractivity contribution >= 4 is 5.97 Å². The van der Waals surface area contributed by atoms with Gasteiger partial charge in [0, 0.05) is 12.6 Å². The number of benzene rings is 2. The molecule has 4 nitrogen and oxygen atoms in total. The second-order valence-electron chi connectivity index (χ2n) is 10.5. The first-order chi connectivity index (χ1) is 17.7. The van der Waals surface area contributed by atoms with Crippen molar-refractivity contribution in [1.29, 1.82) is 0 Å². The lowest BCUT2D eigenvalue weighted by Gasteiger charge is -2.39. The third-order valence-corrected chi connectivity index (χ3v) is 7.89. The van der Waals surface area contributed by atoms with Crippen LogP contribution in [0.2, 0.25) is 0 Å². The Morgan fingerprint density at radius 1 is 1.00 bits per heavy atom. The minimum absolute atomic E-state index is 0.364. The first-order valence-corrected chi connectivity index (χ1v) is 12.7. The Morgan fingerprint density at radius 3 is 2.39 bits per heavy atom. The number of hydrogen-bond acceptors (Lipinski definition) is 3. The van der Waals surface area contributed by atoms with Crippen molar-refractivity contribution in [3.8, 4) is 5.75 Å². The van der Waals surface area contributed by atoms with E-state index >= 15 is 0 Å². The molecule has 0 aromatic heterocycles. The molecule has 1 saturated heterocycles. The maximum atomic E-state index is 13.7. The lowest BCUT2D eigenvalue weighted by Crippen LogP contribution is -2.41. The Balaban J connectivity index is 1.53. The zero-order valence-electron chi connectivity index (χ0n) is 21.3. The topological polar surface area (TPSA) is 49.8 Å². The molecule has 1 spiro atoms. The molecule has 1 N–H and O–H groups in total. The number of likely N-dealkylation sites (tertiary alicyclic amines) is 1. The van der Waals surface area contributed by atoms with E-state index in [1.165, 1.54) is 6.92 Å².